The first-order valence-electron chi connectivity index (χ1n) is 6.22. The van der Waals surface area contributed by atoms with Gasteiger partial charge < -0.3 is 4.74 Å². The first-order valence-corrected chi connectivity index (χ1v) is 6.22. The summed E-state index contributed by atoms with van der Waals surface area (Å²) in [4.78, 5) is 23.5. The molecule has 21 heavy (non-hydrogen) atoms. The molecule has 0 saturated carbocycles. The maximum atomic E-state index is 11.9. The van der Waals surface area contributed by atoms with Gasteiger partial charge in [-0.3, -0.25) is 15.0 Å². The Hall–Kier alpha value is -2.67. The number of aromatic nitrogens is 2. The van der Waals surface area contributed by atoms with E-state index in [-0.39, 0.29) is 5.56 Å². The van der Waals surface area contributed by atoms with Gasteiger partial charge in [-0.05, 0) is 36.8 Å². The normalized spacial score (nSPS) is 10.3. The minimum atomic E-state index is -0.649. The summed E-state index contributed by atoms with van der Waals surface area (Å²) >= 11 is 0. The highest BCUT2D eigenvalue weighted by molar-refractivity contribution is 5.94. The Morgan fingerprint density at radius 2 is 2.10 bits per heavy atom. The number of nitrogens with two attached hydrogens (primary N) is 1. The molecule has 7 heteroatoms. The number of nitrogens with zero attached hydrogens (tertiary/aromatic N) is 2. The number of ether oxygens (including phenoxy) is 1. The molecule has 1 amide bonds. The highest BCUT2D eigenvalue weighted by atomic mass is 16.5. The fourth-order valence-electron chi connectivity index (χ4n) is 2.03. The molecule has 1 aromatic carbocycles. The van der Waals surface area contributed by atoms with Crippen molar-refractivity contribution in [2.24, 2.45) is 12.9 Å². The van der Waals surface area contributed by atoms with Crippen molar-refractivity contribution in [3.05, 3.63) is 45.7 Å². The molecule has 0 aliphatic heterocycles. The standard InChI is InChI=1S/C14H16N4O3/c1-8-6-9(4-5-12(8)21-3)11-7-10(13(19)16-15)14(20)18(2)17-11/h4-7H,15H2,1-3H3,(H,16,19). The average Bonchev–Trinajstić information content (AvgIpc) is 2.49. The molecule has 110 valence electrons. The molecule has 7 nitrogen and oxygen atoms in total. The topological polar surface area (TPSA) is 99.2 Å². The van der Waals surface area contributed by atoms with Gasteiger partial charge in [0.1, 0.15) is 11.3 Å². The summed E-state index contributed by atoms with van der Waals surface area (Å²) in [6.45, 7) is 1.90. The van der Waals surface area contributed by atoms with Crippen LogP contribution in [-0.2, 0) is 7.05 Å². The Kier molecular flexibility index (Phi) is 4.04. The van der Waals surface area contributed by atoms with Crippen LogP contribution in [0.3, 0.4) is 0 Å². The number of rotatable bonds is 3. The van der Waals surface area contributed by atoms with Gasteiger partial charge >= 0.3 is 0 Å². The minimum Gasteiger partial charge on any atom is -0.496 e. The molecule has 0 saturated heterocycles. The largest absolute Gasteiger partial charge is 0.496 e. The van der Waals surface area contributed by atoms with Crippen molar-refractivity contribution in [1.29, 1.82) is 0 Å². The first kappa shape index (κ1) is 14.7. The number of aryl methyl sites for hydroxylation is 2. The number of nitrogen functional groups attached to an aromatic ring is 1. The third-order valence-corrected chi connectivity index (χ3v) is 3.13. The molecule has 2 rings (SSSR count). The Balaban J connectivity index is 2.59. The predicted molar refractivity (Wildman–Crippen MR) is 77.9 cm³/mol. The second-order valence-corrected chi connectivity index (χ2v) is 4.53. The number of methoxy groups -OCH3 is 1. The van der Waals surface area contributed by atoms with Crippen LogP contribution in [0.5, 0.6) is 5.75 Å². The predicted octanol–water partition coefficient (Wildman–Crippen LogP) is 0.368. The van der Waals surface area contributed by atoms with E-state index in [9.17, 15) is 9.59 Å². The van der Waals surface area contributed by atoms with Gasteiger partial charge in [0.2, 0.25) is 0 Å². The van der Waals surface area contributed by atoms with Crippen molar-refractivity contribution >= 4 is 5.91 Å². The molecule has 0 aliphatic carbocycles. The van der Waals surface area contributed by atoms with Gasteiger partial charge in [0.05, 0.1) is 12.8 Å². The van der Waals surface area contributed by atoms with E-state index >= 15 is 0 Å². The van der Waals surface area contributed by atoms with Gasteiger partial charge in [0.15, 0.2) is 0 Å². The fourth-order valence-corrected chi connectivity index (χ4v) is 2.03. The quantitative estimate of drug-likeness (QED) is 0.483. The Morgan fingerprint density at radius 3 is 2.67 bits per heavy atom. The van der Waals surface area contributed by atoms with E-state index in [4.69, 9.17) is 10.6 Å². The van der Waals surface area contributed by atoms with Crippen LogP contribution in [0.2, 0.25) is 0 Å². The number of nitrogens with one attached hydrogen (secondary N) is 1. The highest BCUT2D eigenvalue weighted by Gasteiger charge is 2.14. The van der Waals surface area contributed by atoms with Crippen LogP contribution in [0.4, 0.5) is 0 Å². The van der Waals surface area contributed by atoms with Crippen molar-refractivity contribution < 1.29 is 9.53 Å². The van der Waals surface area contributed by atoms with E-state index in [2.05, 4.69) is 5.10 Å². The number of hydrogen-bond acceptors (Lipinski definition) is 5. The summed E-state index contributed by atoms with van der Waals surface area (Å²) in [7, 11) is 3.08. The van der Waals surface area contributed by atoms with Crippen LogP contribution in [0.15, 0.2) is 29.1 Å². The molecule has 0 fully saturated rings. The van der Waals surface area contributed by atoms with E-state index in [0.29, 0.717) is 5.69 Å². The van der Waals surface area contributed by atoms with Crippen molar-refractivity contribution in [3.63, 3.8) is 0 Å². The molecule has 2 aromatic rings. The number of benzene rings is 1. The summed E-state index contributed by atoms with van der Waals surface area (Å²) < 4.78 is 6.31. The van der Waals surface area contributed by atoms with Crippen LogP contribution in [-0.4, -0.2) is 22.8 Å². The SMILES string of the molecule is COc1ccc(-c2cc(C(=O)NN)c(=O)n(C)n2)cc1C. The van der Waals surface area contributed by atoms with Gasteiger partial charge in [0, 0.05) is 12.6 Å². The van der Waals surface area contributed by atoms with E-state index in [0.717, 1.165) is 21.6 Å². The van der Waals surface area contributed by atoms with Crippen molar-refractivity contribution in [3.8, 4) is 17.0 Å². The van der Waals surface area contributed by atoms with Crippen LogP contribution in [0.25, 0.3) is 11.3 Å². The summed E-state index contributed by atoms with van der Waals surface area (Å²) in [5, 5.41) is 4.16. The van der Waals surface area contributed by atoms with E-state index in [1.807, 2.05) is 24.5 Å². The molecule has 0 unspecified atom stereocenters. The second-order valence-electron chi connectivity index (χ2n) is 4.53. The zero-order valence-corrected chi connectivity index (χ0v) is 12.0. The summed E-state index contributed by atoms with van der Waals surface area (Å²) in [5.74, 6) is 5.19. The molecule has 1 heterocycles. The lowest BCUT2D eigenvalue weighted by Crippen LogP contribution is -2.36. The Labute approximate surface area is 121 Å². The number of hydrogen-bond donors (Lipinski definition) is 2. The van der Waals surface area contributed by atoms with E-state index < -0.39 is 11.5 Å². The third kappa shape index (κ3) is 2.77. The maximum absolute atomic E-state index is 11.9. The molecule has 0 bridgehead atoms. The van der Waals surface area contributed by atoms with Crippen LogP contribution < -0.4 is 21.6 Å². The molecule has 1 aromatic heterocycles. The maximum Gasteiger partial charge on any atom is 0.279 e. The number of hydrazine groups is 1. The Morgan fingerprint density at radius 1 is 1.38 bits per heavy atom. The minimum absolute atomic E-state index is 0.0570. The lowest BCUT2D eigenvalue weighted by Gasteiger charge is -2.09. The second kappa shape index (κ2) is 5.76. The van der Waals surface area contributed by atoms with Gasteiger partial charge in [-0.1, -0.05) is 0 Å². The lowest BCUT2D eigenvalue weighted by atomic mass is 10.1. The lowest BCUT2D eigenvalue weighted by molar-refractivity contribution is 0.0951. The highest BCUT2D eigenvalue weighted by Crippen LogP contribution is 2.24. The van der Waals surface area contributed by atoms with E-state index in [1.54, 1.807) is 13.2 Å². The van der Waals surface area contributed by atoms with Crippen LogP contribution >= 0.6 is 0 Å². The van der Waals surface area contributed by atoms with Crippen LogP contribution in [0, 0.1) is 6.92 Å². The Bertz CT molecular complexity index is 752. The number of carbonyl (C=O) groups is 1. The van der Waals surface area contributed by atoms with E-state index in [1.165, 1.54) is 13.1 Å². The molecule has 0 radical (unpaired) electrons. The van der Waals surface area contributed by atoms with Crippen LogP contribution in [0.1, 0.15) is 15.9 Å². The fraction of sp³-hybridized carbons (Fsp3) is 0.214. The molecule has 0 spiro atoms. The monoisotopic (exact) mass is 288 g/mol. The first-order chi connectivity index (χ1) is 9.97. The summed E-state index contributed by atoms with van der Waals surface area (Å²) in [6.07, 6.45) is 0. The van der Waals surface area contributed by atoms with Crippen molar-refractivity contribution in [1.82, 2.24) is 15.2 Å². The average molecular weight is 288 g/mol. The summed E-state index contributed by atoms with van der Waals surface area (Å²) in [5.41, 5.74) is 3.59. The number of amides is 1. The summed E-state index contributed by atoms with van der Waals surface area (Å²) in [6, 6.07) is 6.91. The van der Waals surface area contributed by atoms with Gasteiger partial charge in [-0.25, -0.2) is 10.5 Å². The molecular weight excluding hydrogens is 272 g/mol. The van der Waals surface area contributed by atoms with Gasteiger partial charge in [0.25, 0.3) is 11.5 Å². The molecule has 0 aliphatic rings. The zero-order chi connectivity index (χ0) is 15.6. The molecule has 0 atom stereocenters. The zero-order valence-electron chi connectivity index (χ0n) is 12.0. The number of carbonyl (C=O) groups excluding carboxylic acids is 1. The van der Waals surface area contributed by atoms with Crippen molar-refractivity contribution in [2.45, 2.75) is 6.92 Å². The van der Waals surface area contributed by atoms with Gasteiger partial charge in [-0.2, -0.15) is 5.10 Å². The molecule has 3 N–H and O–H groups in total. The molecular formula is C14H16N4O3. The third-order valence-electron chi connectivity index (χ3n) is 3.13. The van der Waals surface area contributed by atoms with Crippen molar-refractivity contribution in [2.75, 3.05) is 7.11 Å². The smallest absolute Gasteiger partial charge is 0.279 e. The van der Waals surface area contributed by atoms with Gasteiger partial charge in [-0.15, -0.1) is 0 Å².